The second-order valence-electron chi connectivity index (χ2n) is 10.4. The molecule has 0 bridgehead atoms. The van der Waals surface area contributed by atoms with E-state index in [-0.39, 0.29) is 17.3 Å². The Morgan fingerprint density at radius 1 is 0.938 bits per heavy atom. The average molecular weight is 452 g/mol. The van der Waals surface area contributed by atoms with Crippen molar-refractivity contribution in [1.82, 2.24) is 4.90 Å². The lowest BCUT2D eigenvalue weighted by Crippen LogP contribution is -2.39. The molecular formula is C25H38FNO5. The standard InChI is InChI=1S/C15H19FO3.C10H19NO2/c1-15(2,3)19-14(17)11-7-10(9-5-6-9)13(18-4)8-12(11)16;1-10(2,3)13-9(12)11-7-5-4-6-8-11/h7-9H,5-6H2,1-4H3;4-8H2,1-3H3. The lowest BCUT2D eigenvalue weighted by Gasteiger charge is -2.29. The van der Waals surface area contributed by atoms with Gasteiger partial charge in [-0.1, -0.05) is 0 Å². The average Bonchev–Trinajstić information content (AvgIpc) is 3.51. The summed E-state index contributed by atoms with van der Waals surface area (Å²) in [6.07, 6.45) is 5.40. The molecule has 6 nitrogen and oxygen atoms in total. The predicted molar refractivity (Wildman–Crippen MR) is 122 cm³/mol. The fraction of sp³-hybridized carbons (Fsp3) is 0.680. The second kappa shape index (κ2) is 10.5. The van der Waals surface area contributed by atoms with Gasteiger partial charge in [0.1, 0.15) is 22.8 Å². The minimum absolute atomic E-state index is 0.0161. The molecule has 0 aromatic heterocycles. The monoisotopic (exact) mass is 451 g/mol. The zero-order valence-electron chi connectivity index (χ0n) is 20.5. The molecule has 1 aliphatic carbocycles. The van der Waals surface area contributed by atoms with Crippen molar-refractivity contribution < 1.29 is 28.2 Å². The van der Waals surface area contributed by atoms with Crippen molar-refractivity contribution in [1.29, 1.82) is 0 Å². The predicted octanol–water partition coefficient (Wildman–Crippen LogP) is 6.07. The first-order chi connectivity index (χ1) is 14.8. The summed E-state index contributed by atoms with van der Waals surface area (Å²) in [6, 6.07) is 2.84. The fourth-order valence-corrected chi connectivity index (χ4v) is 3.35. The van der Waals surface area contributed by atoms with Crippen LogP contribution in [0, 0.1) is 5.82 Å². The third kappa shape index (κ3) is 8.32. The Labute approximate surface area is 191 Å². The van der Waals surface area contributed by atoms with Crippen LogP contribution in [0.4, 0.5) is 9.18 Å². The summed E-state index contributed by atoms with van der Waals surface area (Å²) < 4.78 is 29.6. The van der Waals surface area contributed by atoms with Gasteiger partial charge in [0, 0.05) is 19.2 Å². The van der Waals surface area contributed by atoms with Crippen LogP contribution in [0.5, 0.6) is 5.75 Å². The largest absolute Gasteiger partial charge is 0.496 e. The second-order valence-corrected chi connectivity index (χ2v) is 10.4. The highest BCUT2D eigenvalue weighted by molar-refractivity contribution is 5.90. The van der Waals surface area contributed by atoms with Crippen LogP contribution in [0.25, 0.3) is 0 Å². The summed E-state index contributed by atoms with van der Waals surface area (Å²) >= 11 is 0. The van der Waals surface area contributed by atoms with Crippen molar-refractivity contribution in [3.05, 3.63) is 29.1 Å². The van der Waals surface area contributed by atoms with Gasteiger partial charge in [-0.25, -0.2) is 14.0 Å². The topological polar surface area (TPSA) is 65.1 Å². The third-order valence-electron chi connectivity index (χ3n) is 4.96. The summed E-state index contributed by atoms with van der Waals surface area (Å²) in [6.45, 7) is 12.7. The van der Waals surface area contributed by atoms with Crippen LogP contribution in [0.15, 0.2) is 12.1 Å². The first-order valence-electron chi connectivity index (χ1n) is 11.4. The highest BCUT2D eigenvalue weighted by Gasteiger charge is 2.30. The number of carbonyl (C=O) groups is 2. The number of esters is 1. The summed E-state index contributed by atoms with van der Waals surface area (Å²) in [7, 11) is 1.51. The highest BCUT2D eigenvalue weighted by Crippen LogP contribution is 2.45. The summed E-state index contributed by atoms with van der Waals surface area (Å²) in [5, 5.41) is 0. The smallest absolute Gasteiger partial charge is 0.410 e. The number of piperidine rings is 1. The summed E-state index contributed by atoms with van der Waals surface area (Å²) in [5.74, 6) is -0.353. The molecule has 0 radical (unpaired) electrons. The number of hydrogen-bond donors (Lipinski definition) is 0. The molecule has 1 heterocycles. The Hall–Kier alpha value is -2.31. The third-order valence-corrected chi connectivity index (χ3v) is 4.96. The molecule has 0 N–H and O–H groups in total. The van der Waals surface area contributed by atoms with Crippen LogP contribution in [0.1, 0.15) is 95.5 Å². The minimum atomic E-state index is -0.636. The molecule has 2 aliphatic rings. The highest BCUT2D eigenvalue weighted by atomic mass is 19.1. The number of benzene rings is 1. The van der Waals surface area contributed by atoms with Crippen molar-refractivity contribution in [2.45, 2.75) is 90.8 Å². The van der Waals surface area contributed by atoms with E-state index in [9.17, 15) is 14.0 Å². The van der Waals surface area contributed by atoms with Crippen molar-refractivity contribution in [3.63, 3.8) is 0 Å². The number of halogens is 1. The maximum Gasteiger partial charge on any atom is 0.410 e. The SMILES string of the molecule is CC(C)(C)OC(=O)N1CCCCC1.COc1cc(F)c(C(=O)OC(C)(C)C)cc1C1CC1. The van der Waals surface area contributed by atoms with Crippen LogP contribution < -0.4 is 4.74 Å². The van der Waals surface area contributed by atoms with Crippen LogP contribution >= 0.6 is 0 Å². The number of ether oxygens (including phenoxy) is 3. The van der Waals surface area contributed by atoms with E-state index in [0.717, 1.165) is 44.3 Å². The normalized spacial score (nSPS) is 16.6. The number of amides is 1. The van der Waals surface area contributed by atoms with Gasteiger partial charge in [-0.05, 0) is 91.2 Å². The molecular weight excluding hydrogens is 413 g/mol. The molecule has 0 unspecified atom stereocenters. The first-order valence-corrected chi connectivity index (χ1v) is 11.4. The molecule has 1 aromatic carbocycles. The van der Waals surface area contributed by atoms with Gasteiger partial charge in [0.15, 0.2) is 0 Å². The molecule has 1 saturated carbocycles. The van der Waals surface area contributed by atoms with Crippen molar-refractivity contribution >= 4 is 12.1 Å². The quantitative estimate of drug-likeness (QED) is 0.522. The fourth-order valence-electron chi connectivity index (χ4n) is 3.35. The van der Waals surface area contributed by atoms with Gasteiger partial charge in [-0.2, -0.15) is 0 Å². The molecule has 180 valence electrons. The molecule has 3 rings (SSSR count). The molecule has 1 saturated heterocycles. The molecule has 32 heavy (non-hydrogen) atoms. The van der Waals surface area contributed by atoms with Crippen LogP contribution in [-0.2, 0) is 9.47 Å². The first kappa shape index (κ1) is 25.9. The lowest BCUT2D eigenvalue weighted by molar-refractivity contribution is 0.00636. The number of likely N-dealkylation sites (tertiary alicyclic amines) is 1. The van der Waals surface area contributed by atoms with Crippen LogP contribution in [0.2, 0.25) is 0 Å². The van der Waals surface area contributed by atoms with Crippen molar-refractivity contribution in [2.75, 3.05) is 20.2 Å². The van der Waals surface area contributed by atoms with E-state index in [1.165, 1.54) is 19.6 Å². The van der Waals surface area contributed by atoms with E-state index >= 15 is 0 Å². The molecule has 7 heteroatoms. The molecule has 1 amide bonds. The van der Waals surface area contributed by atoms with Gasteiger partial charge in [0.2, 0.25) is 0 Å². The Kier molecular flexibility index (Phi) is 8.54. The molecule has 0 atom stereocenters. The van der Waals surface area contributed by atoms with E-state index in [4.69, 9.17) is 14.2 Å². The Balaban J connectivity index is 0.000000244. The van der Waals surface area contributed by atoms with E-state index in [0.29, 0.717) is 11.7 Å². The van der Waals surface area contributed by atoms with Crippen molar-refractivity contribution in [2.24, 2.45) is 0 Å². The zero-order valence-corrected chi connectivity index (χ0v) is 20.5. The number of carbonyl (C=O) groups excluding carboxylic acids is 2. The molecule has 2 fully saturated rings. The molecule has 1 aromatic rings. The zero-order chi connectivity index (χ0) is 24.1. The van der Waals surface area contributed by atoms with E-state index in [1.807, 2.05) is 20.8 Å². The summed E-state index contributed by atoms with van der Waals surface area (Å²) in [4.78, 5) is 25.3. The van der Waals surface area contributed by atoms with Crippen molar-refractivity contribution in [3.8, 4) is 5.75 Å². The maximum atomic E-state index is 13.9. The number of nitrogens with zero attached hydrogens (tertiary/aromatic N) is 1. The van der Waals surface area contributed by atoms with Gasteiger partial charge in [-0.3, -0.25) is 0 Å². The minimum Gasteiger partial charge on any atom is -0.496 e. The van der Waals surface area contributed by atoms with Gasteiger partial charge < -0.3 is 19.1 Å². The van der Waals surface area contributed by atoms with Gasteiger partial charge in [-0.15, -0.1) is 0 Å². The van der Waals surface area contributed by atoms with E-state index in [2.05, 4.69) is 0 Å². The summed E-state index contributed by atoms with van der Waals surface area (Å²) in [5.41, 5.74) is -0.125. The lowest BCUT2D eigenvalue weighted by atomic mass is 10.0. The molecule has 1 aliphatic heterocycles. The Morgan fingerprint density at radius 2 is 1.50 bits per heavy atom. The Morgan fingerprint density at radius 3 is 1.97 bits per heavy atom. The van der Waals surface area contributed by atoms with E-state index < -0.39 is 17.4 Å². The number of methoxy groups -OCH3 is 1. The number of rotatable bonds is 3. The van der Waals surface area contributed by atoms with Crippen LogP contribution in [0.3, 0.4) is 0 Å². The van der Waals surface area contributed by atoms with Gasteiger partial charge in [0.05, 0.1) is 12.7 Å². The number of hydrogen-bond acceptors (Lipinski definition) is 5. The Bertz CT molecular complexity index is 800. The molecule has 0 spiro atoms. The van der Waals surface area contributed by atoms with Gasteiger partial charge >= 0.3 is 12.1 Å². The maximum absolute atomic E-state index is 13.9. The van der Waals surface area contributed by atoms with E-state index in [1.54, 1.807) is 31.7 Å². The van der Waals surface area contributed by atoms with Crippen LogP contribution in [-0.4, -0.2) is 48.4 Å². The van der Waals surface area contributed by atoms with Gasteiger partial charge in [0.25, 0.3) is 0 Å².